The van der Waals surface area contributed by atoms with Crippen LogP contribution in [0.3, 0.4) is 0 Å². The summed E-state index contributed by atoms with van der Waals surface area (Å²) >= 11 is 3.20. The summed E-state index contributed by atoms with van der Waals surface area (Å²) in [4.78, 5) is 15.1. The average Bonchev–Trinajstić information content (AvgIpc) is 2.80. The van der Waals surface area contributed by atoms with Crippen molar-refractivity contribution in [3.8, 4) is 11.4 Å². The van der Waals surface area contributed by atoms with Crippen molar-refractivity contribution in [3.05, 3.63) is 52.4 Å². The lowest BCUT2D eigenvalue weighted by Crippen LogP contribution is -1.97. The lowest BCUT2D eigenvalue weighted by atomic mass is 10.2. The van der Waals surface area contributed by atoms with Crippen LogP contribution in [0.1, 0.15) is 10.4 Å². The summed E-state index contributed by atoms with van der Waals surface area (Å²) in [6.07, 6.45) is 1.50. The molecule has 7 heteroatoms. The van der Waals surface area contributed by atoms with Gasteiger partial charge in [0.1, 0.15) is 5.82 Å². The number of aromatic nitrogens is 3. The molecule has 3 rings (SSSR count). The molecule has 2 heterocycles. The number of aromatic carboxylic acids is 1. The van der Waals surface area contributed by atoms with Gasteiger partial charge in [-0.2, -0.15) is 0 Å². The van der Waals surface area contributed by atoms with Crippen molar-refractivity contribution in [1.29, 1.82) is 0 Å². The fourth-order valence-corrected chi connectivity index (χ4v) is 2.29. The minimum Gasteiger partial charge on any atom is -0.478 e. The third-order valence-corrected chi connectivity index (χ3v) is 3.16. The molecule has 0 unspecified atom stereocenters. The third-order valence-electron chi connectivity index (χ3n) is 2.71. The van der Waals surface area contributed by atoms with E-state index in [1.54, 1.807) is 6.07 Å². The predicted molar refractivity (Wildman–Crippen MR) is 73.0 cm³/mol. The zero-order valence-corrected chi connectivity index (χ0v) is 11.5. The van der Waals surface area contributed by atoms with Crippen LogP contribution in [0, 0.1) is 5.82 Å². The molecule has 0 radical (unpaired) electrons. The van der Waals surface area contributed by atoms with Gasteiger partial charge >= 0.3 is 5.97 Å². The van der Waals surface area contributed by atoms with Crippen molar-refractivity contribution in [2.45, 2.75) is 0 Å². The maximum absolute atomic E-state index is 13.4. The van der Waals surface area contributed by atoms with Crippen LogP contribution in [0.15, 0.2) is 41.0 Å². The summed E-state index contributed by atoms with van der Waals surface area (Å²) in [5.41, 5.74) is 1.02. The molecular weight excluding hydrogens is 329 g/mol. The molecule has 2 aromatic heterocycles. The van der Waals surface area contributed by atoms with Crippen LogP contribution in [-0.4, -0.2) is 25.7 Å². The van der Waals surface area contributed by atoms with Crippen molar-refractivity contribution in [3.63, 3.8) is 0 Å². The Morgan fingerprint density at radius 1 is 1.30 bits per heavy atom. The number of pyridine rings is 1. The van der Waals surface area contributed by atoms with Crippen molar-refractivity contribution in [1.82, 2.24) is 14.6 Å². The highest BCUT2D eigenvalue weighted by Crippen LogP contribution is 2.22. The SMILES string of the molecule is O=C(O)c1ccn2nc(-c3cc(F)cc(Br)c3)nc2c1. The lowest BCUT2D eigenvalue weighted by Gasteiger charge is -1.96. The number of rotatable bonds is 2. The summed E-state index contributed by atoms with van der Waals surface area (Å²) in [5, 5.41) is 13.1. The first kappa shape index (κ1) is 12.7. The van der Waals surface area contributed by atoms with E-state index in [4.69, 9.17) is 5.11 Å². The van der Waals surface area contributed by atoms with Crippen LogP contribution in [-0.2, 0) is 0 Å². The fourth-order valence-electron chi connectivity index (χ4n) is 1.82. The van der Waals surface area contributed by atoms with Gasteiger partial charge in [0.15, 0.2) is 11.5 Å². The van der Waals surface area contributed by atoms with Gasteiger partial charge in [-0.3, -0.25) is 0 Å². The van der Waals surface area contributed by atoms with E-state index < -0.39 is 11.8 Å². The molecule has 0 atom stereocenters. The molecule has 0 fully saturated rings. The number of benzene rings is 1. The maximum Gasteiger partial charge on any atom is 0.335 e. The van der Waals surface area contributed by atoms with Crippen LogP contribution in [0.2, 0.25) is 0 Å². The van der Waals surface area contributed by atoms with Gasteiger partial charge in [0.25, 0.3) is 0 Å². The standard InChI is InChI=1S/C13H7BrFN3O2/c14-9-3-8(4-10(15)6-9)12-16-11-5-7(13(19)20)1-2-18(11)17-12/h1-6H,(H,19,20). The number of carboxylic acid groups (broad SMARTS) is 1. The van der Waals surface area contributed by atoms with Gasteiger partial charge in [-0.05, 0) is 30.3 Å². The monoisotopic (exact) mass is 335 g/mol. The van der Waals surface area contributed by atoms with Crippen LogP contribution in [0.5, 0.6) is 0 Å². The number of carbonyl (C=O) groups is 1. The van der Waals surface area contributed by atoms with Crippen molar-refractivity contribution in [2.24, 2.45) is 0 Å². The molecule has 0 aliphatic rings. The van der Waals surface area contributed by atoms with E-state index in [2.05, 4.69) is 26.0 Å². The highest BCUT2D eigenvalue weighted by Gasteiger charge is 2.10. The van der Waals surface area contributed by atoms with Gasteiger partial charge in [0.2, 0.25) is 0 Å². The van der Waals surface area contributed by atoms with Crippen molar-refractivity contribution in [2.75, 3.05) is 0 Å². The van der Waals surface area contributed by atoms with Gasteiger partial charge in [0.05, 0.1) is 5.56 Å². The Morgan fingerprint density at radius 3 is 2.80 bits per heavy atom. The molecule has 3 aromatic rings. The van der Waals surface area contributed by atoms with E-state index in [0.29, 0.717) is 21.5 Å². The third kappa shape index (κ3) is 2.27. The minimum absolute atomic E-state index is 0.122. The minimum atomic E-state index is -1.04. The summed E-state index contributed by atoms with van der Waals surface area (Å²) in [6.45, 7) is 0. The Kier molecular flexibility index (Phi) is 2.98. The molecule has 5 nitrogen and oxygen atoms in total. The number of hydrogen-bond donors (Lipinski definition) is 1. The highest BCUT2D eigenvalue weighted by molar-refractivity contribution is 9.10. The van der Waals surface area contributed by atoms with Gasteiger partial charge in [0, 0.05) is 16.2 Å². The predicted octanol–water partition coefficient (Wildman–Crippen LogP) is 3.00. The average molecular weight is 336 g/mol. The van der Waals surface area contributed by atoms with E-state index in [0.717, 1.165) is 0 Å². The Hall–Kier alpha value is -2.28. The summed E-state index contributed by atoms with van der Waals surface area (Å²) < 4.78 is 15.4. The Labute approximate surface area is 120 Å². The summed E-state index contributed by atoms with van der Waals surface area (Å²) in [7, 11) is 0. The second-order valence-electron chi connectivity index (χ2n) is 4.12. The van der Waals surface area contributed by atoms with Crippen LogP contribution in [0.4, 0.5) is 4.39 Å². The van der Waals surface area contributed by atoms with E-state index in [-0.39, 0.29) is 5.56 Å². The quantitative estimate of drug-likeness (QED) is 0.781. The molecule has 20 heavy (non-hydrogen) atoms. The maximum atomic E-state index is 13.4. The summed E-state index contributed by atoms with van der Waals surface area (Å²) in [6, 6.07) is 7.18. The number of carboxylic acids is 1. The lowest BCUT2D eigenvalue weighted by molar-refractivity contribution is 0.0697. The van der Waals surface area contributed by atoms with E-state index in [1.807, 2.05) is 0 Å². The number of fused-ring (bicyclic) bond motifs is 1. The molecule has 0 saturated carbocycles. The van der Waals surface area contributed by atoms with Crippen LogP contribution in [0.25, 0.3) is 17.0 Å². The Morgan fingerprint density at radius 2 is 2.10 bits per heavy atom. The first-order valence-corrected chi connectivity index (χ1v) is 6.38. The first-order chi connectivity index (χ1) is 9.52. The zero-order valence-electron chi connectivity index (χ0n) is 9.92. The number of nitrogens with zero attached hydrogens (tertiary/aromatic N) is 3. The molecule has 0 bridgehead atoms. The molecule has 0 spiro atoms. The molecule has 100 valence electrons. The van der Waals surface area contributed by atoms with Crippen molar-refractivity contribution >= 4 is 27.5 Å². The van der Waals surface area contributed by atoms with E-state index in [9.17, 15) is 9.18 Å². The van der Waals surface area contributed by atoms with Gasteiger partial charge in [-0.15, -0.1) is 5.10 Å². The first-order valence-electron chi connectivity index (χ1n) is 5.59. The number of hydrogen-bond acceptors (Lipinski definition) is 3. The van der Waals surface area contributed by atoms with E-state index >= 15 is 0 Å². The number of halogens is 2. The Bertz CT molecular complexity index is 811. The Balaban J connectivity index is 2.15. The van der Waals surface area contributed by atoms with Gasteiger partial charge < -0.3 is 5.11 Å². The molecule has 0 saturated heterocycles. The molecule has 1 aromatic carbocycles. The fraction of sp³-hybridized carbons (Fsp3) is 0. The second-order valence-corrected chi connectivity index (χ2v) is 5.03. The van der Waals surface area contributed by atoms with Crippen molar-refractivity contribution < 1.29 is 14.3 Å². The molecular formula is C13H7BrFN3O2. The molecule has 0 amide bonds. The van der Waals surface area contributed by atoms with Gasteiger partial charge in [-0.25, -0.2) is 18.7 Å². The van der Waals surface area contributed by atoms with E-state index in [1.165, 1.54) is 35.0 Å². The van der Waals surface area contributed by atoms with Crippen LogP contribution < -0.4 is 0 Å². The molecule has 1 N–H and O–H groups in total. The zero-order chi connectivity index (χ0) is 14.3. The molecule has 0 aliphatic heterocycles. The molecule has 0 aliphatic carbocycles. The summed E-state index contributed by atoms with van der Waals surface area (Å²) in [5.74, 6) is -1.11. The largest absolute Gasteiger partial charge is 0.478 e. The smallest absolute Gasteiger partial charge is 0.335 e. The highest BCUT2D eigenvalue weighted by atomic mass is 79.9. The normalized spacial score (nSPS) is 10.9. The second kappa shape index (κ2) is 4.68. The van der Waals surface area contributed by atoms with Crippen LogP contribution >= 0.6 is 15.9 Å². The topological polar surface area (TPSA) is 67.5 Å². The van der Waals surface area contributed by atoms with Gasteiger partial charge in [-0.1, -0.05) is 15.9 Å².